The van der Waals surface area contributed by atoms with Crippen LogP contribution in [0.5, 0.6) is 11.5 Å². The van der Waals surface area contributed by atoms with Crippen molar-refractivity contribution in [3.05, 3.63) is 20.8 Å². The van der Waals surface area contributed by atoms with Gasteiger partial charge >= 0.3 is 0 Å². The smallest absolute Gasteiger partial charge is 0.136 e. The summed E-state index contributed by atoms with van der Waals surface area (Å²) >= 11 is 2.34. The van der Waals surface area contributed by atoms with Crippen molar-refractivity contribution in [2.45, 2.75) is 32.5 Å². The lowest BCUT2D eigenvalue weighted by Crippen LogP contribution is -2.24. The Hall–Kier alpha value is -0.490. The highest BCUT2D eigenvalue weighted by atomic mass is 127. The van der Waals surface area contributed by atoms with Crippen LogP contribution in [-0.2, 0) is 11.2 Å². The van der Waals surface area contributed by atoms with E-state index in [0.29, 0.717) is 0 Å². The van der Waals surface area contributed by atoms with Crippen LogP contribution in [-0.4, -0.2) is 20.3 Å². The molecule has 0 bridgehead atoms. The molecule has 1 aliphatic heterocycles. The van der Waals surface area contributed by atoms with Crippen LogP contribution in [0.25, 0.3) is 0 Å². The summed E-state index contributed by atoms with van der Waals surface area (Å²) < 4.78 is 17.9. The average Bonchev–Trinajstić information content (AvgIpc) is 2.30. The van der Waals surface area contributed by atoms with Crippen molar-refractivity contribution in [2.24, 2.45) is 0 Å². The van der Waals surface area contributed by atoms with Crippen LogP contribution in [0.2, 0.25) is 0 Å². The molecule has 1 heterocycles. The molecule has 0 unspecified atom stereocenters. The molecule has 2 atom stereocenters. The zero-order valence-corrected chi connectivity index (χ0v) is 12.7. The second-order valence-corrected chi connectivity index (χ2v) is 5.36. The molecule has 1 aromatic rings. The molecular weight excluding hydrogens is 331 g/mol. The first-order chi connectivity index (χ1) is 8.08. The minimum atomic E-state index is 0.0723. The molecule has 2 rings (SSSR count). The van der Waals surface area contributed by atoms with E-state index in [-0.39, 0.29) is 12.2 Å². The van der Waals surface area contributed by atoms with Gasteiger partial charge in [0.15, 0.2) is 0 Å². The zero-order valence-electron chi connectivity index (χ0n) is 10.5. The van der Waals surface area contributed by atoms with Gasteiger partial charge in [-0.15, -0.1) is 0 Å². The fourth-order valence-electron chi connectivity index (χ4n) is 2.39. The molecule has 1 aliphatic rings. The summed E-state index contributed by atoms with van der Waals surface area (Å²) in [5.41, 5.74) is 2.46. The molecule has 1 aromatic carbocycles. The Morgan fingerprint density at radius 3 is 2.47 bits per heavy atom. The highest BCUT2D eigenvalue weighted by molar-refractivity contribution is 14.1. The molecule has 0 N–H and O–H groups in total. The third-order valence-corrected chi connectivity index (χ3v) is 4.29. The van der Waals surface area contributed by atoms with Crippen LogP contribution < -0.4 is 9.47 Å². The van der Waals surface area contributed by atoms with E-state index in [0.717, 1.165) is 23.5 Å². The first kappa shape index (κ1) is 13.0. The predicted molar refractivity (Wildman–Crippen MR) is 74.9 cm³/mol. The van der Waals surface area contributed by atoms with Crippen LogP contribution >= 0.6 is 22.6 Å². The fraction of sp³-hybridized carbons (Fsp3) is 0.538. The molecule has 4 heteroatoms. The average molecular weight is 348 g/mol. The number of rotatable bonds is 2. The Labute approximate surface area is 116 Å². The van der Waals surface area contributed by atoms with Gasteiger partial charge < -0.3 is 14.2 Å². The second kappa shape index (κ2) is 5.02. The summed E-state index contributed by atoms with van der Waals surface area (Å²) in [6.45, 7) is 4.17. The Balaban J connectivity index is 2.63. The maximum absolute atomic E-state index is 5.86. The van der Waals surface area contributed by atoms with Crippen molar-refractivity contribution >= 4 is 22.6 Å². The van der Waals surface area contributed by atoms with Gasteiger partial charge in [-0.1, -0.05) is 0 Å². The van der Waals surface area contributed by atoms with Crippen LogP contribution in [0, 0.1) is 3.57 Å². The van der Waals surface area contributed by atoms with Crippen molar-refractivity contribution < 1.29 is 14.2 Å². The lowest BCUT2D eigenvalue weighted by Gasteiger charge is -2.31. The maximum atomic E-state index is 5.86. The van der Waals surface area contributed by atoms with Gasteiger partial charge in [0.1, 0.15) is 11.5 Å². The van der Waals surface area contributed by atoms with Gasteiger partial charge in [-0.25, -0.2) is 0 Å². The number of ether oxygens (including phenoxy) is 3. The minimum Gasteiger partial charge on any atom is -0.496 e. The zero-order chi connectivity index (χ0) is 12.6. The van der Waals surface area contributed by atoms with Crippen molar-refractivity contribution in [3.63, 3.8) is 0 Å². The van der Waals surface area contributed by atoms with E-state index in [9.17, 15) is 0 Å². The van der Waals surface area contributed by atoms with Crippen LogP contribution in [0.3, 0.4) is 0 Å². The molecule has 17 heavy (non-hydrogen) atoms. The Morgan fingerprint density at radius 2 is 1.88 bits per heavy atom. The van der Waals surface area contributed by atoms with Gasteiger partial charge in [0.2, 0.25) is 0 Å². The molecule has 94 valence electrons. The van der Waals surface area contributed by atoms with E-state index in [1.54, 1.807) is 14.2 Å². The molecule has 3 nitrogen and oxygen atoms in total. The summed E-state index contributed by atoms with van der Waals surface area (Å²) in [7, 11) is 3.38. The minimum absolute atomic E-state index is 0.0723. The third-order valence-electron chi connectivity index (χ3n) is 3.11. The van der Waals surface area contributed by atoms with Crippen LogP contribution in [0.1, 0.15) is 31.1 Å². The summed E-state index contributed by atoms with van der Waals surface area (Å²) in [5.74, 6) is 1.74. The highest BCUT2D eigenvalue weighted by Crippen LogP contribution is 2.42. The van der Waals surface area contributed by atoms with Crippen molar-refractivity contribution in [1.82, 2.24) is 0 Å². The number of hydrogen-bond donors (Lipinski definition) is 0. The number of benzene rings is 1. The van der Waals surface area contributed by atoms with Gasteiger partial charge in [-0.05, 0) is 42.0 Å². The van der Waals surface area contributed by atoms with E-state index in [4.69, 9.17) is 14.2 Å². The molecule has 0 radical (unpaired) electrons. The Bertz CT molecular complexity index is 431. The molecule has 0 aliphatic carbocycles. The molecular formula is C13H17IO3. The van der Waals surface area contributed by atoms with Gasteiger partial charge in [0.25, 0.3) is 0 Å². The quantitative estimate of drug-likeness (QED) is 0.768. The largest absolute Gasteiger partial charge is 0.496 e. The third kappa shape index (κ3) is 2.25. The summed E-state index contributed by atoms with van der Waals surface area (Å²) in [5, 5.41) is 0. The lowest BCUT2D eigenvalue weighted by molar-refractivity contribution is -0.00637. The lowest BCUT2D eigenvalue weighted by atomic mass is 9.94. The van der Waals surface area contributed by atoms with E-state index >= 15 is 0 Å². The van der Waals surface area contributed by atoms with E-state index in [2.05, 4.69) is 36.4 Å². The molecule has 0 saturated carbocycles. The van der Waals surface area contributed by atoms with Gasteiger partial charge in [0.05, 0.1) is 30.0 Å². The van der Waals surface area contributed by atoms with Gasteiger partial charge in [-0.3, -0.25) is 0 Å². The Kier molecular flexibility index (Phi) is 3.82. The van der Waals surface area contributed by atoms with Gasteiger partial charge in [-0.2, -0.15) is 0 Å². The molecule has 0 aromatic heterocycles. The summed E-state index contributed by atoms with van der Waals surface area (Å²) in [6, 6.07) is 1.94. The molecule has 0 fully saturated rings. The van der Waals surface area contributed by atoms with E-state index < -0.39 is 0 Å². The number of methoxy groups -OCH3 is 2. The molecule has 0 amide bonds. The van der Waals surface area contributed by atoms with Crippen LogP contribution in [0.15, 0.2) is 6.07 Å². The highest BCUT2D eigenvalue weighted by Gasteiger charge is 2.29. The van der Waals surface area contributed by atoms with Gasteiger partial charge in [0, 0.05) is 18.1 Å². The number of fused-ring (bicyclic) bond motifs is 1. The predicted octanol–water partition coefficient (Wildman–Crippen LogP) is 3.33. The number of halogens is 1. The standard InChI is InChI=1S/C13H17IO3/c1-7-5-9-12(8(2)17-7)10(15-3)6-11(16-4)13(9)14/h6-8H,5H2,1-4H3/t7-,8-/m0/s1. The Morgan fingerprint density at radius 1 is 1.24 bits per heavy atom. The number of hydrogen-bond acceptors (Lipinski definition) is 3. The first-order valence-electron chi connectivity index (χ1n) is 5.67. The monoisotopic (exact) mass is 348 g/mol. The topological polar surface area (TPSA) is 27.7 Å². The summed E-state index contributed by atoms with van der Waals surface area (Å²) in [4.78, 5) is 0. The molecule has 0 spiro atoms. The van der Waals surface area contributed by atoms with E-state index in [1.807, 2.05) is 6.07 Å². The molecule has 0 saturated heterocycles. The normalized spacial score (nSPS) is 23.1. The van der Waals surface area contributed by atoms with Crippen molar-refractivity contribution in [3.8, 4) is 11.5 Å². The maximum Gasteiger partial charge on any atom is 0.136 e. The van der Waals surface area contributed by atoms with Crippen molar-refractivity contribution in [1.29, 1.82) is 0 Å². The van der Waals surface area contributed by atoms with E-state index in [1.165, 1.54) is 9.13 Å². The SMILES string of the molecule is COc1cc(OC)c2c(c1I)C[C@H](C)O[C@H]2C. The van der Waals surface area contributed by atoms with Crippen molar-refractivity contribution in [2.75, 3.05) is 14.2 Å². The van der Waals surface area contributed by atoms with Crippen LogP contribution in [0.4, 0.5) is 0 Å². The fourth-order valence-corrected chi connectivity index (χ4v) is 3.28. The second-order valence-electron chi connectivity index (χ2n) is 4.28. The first-order valence-corrected chi connectivity index (χ1v) is 6.75. The summed E-state index contributed by atoms with van der Waals surface area (Å²) in [6.07, 6.45) is 1.22.